The van der Waals surface area contributed by atoms with E-state index in [1.165, 1.54) is 49.6 Å². The molecule has 110 valence electrons. The van der Waals surface area contributed by atoms with E-state index in [1.807, 2.05) is 0 Å². The molecule has 0 unspecified atom stereocenters. The number of carbonyl (C=O) groups is 2. The first kappa shape index (κ1) is 14.8. The smallest absolute Gasteiger partial charge is 0.265 e. The molecule has 0 radical (unpaired) electrons. The van der Waals surface area contributed by atoms with Crippen molar-refractivity contribution in [3.05, 3.63) is 48.6 Å². The Balaban J connectivity index is 1.76. The molecule has 0 aliphatic carbocycles. The third-order valence-corrected chi connectivity index (χ3v) is 2.14. The van der Waals surface area contributed by atoms with Gasteiger partial charge in [-0.25, -0.2) is 20.8 Å². The third kappa shape index (κ3) is 4.52. The quantitative estimate of drug-likeness (QED) is 0.559. The molecule has 2 aromatic rings. The van der Waals surface area contributed by atoms with Gasteiger partial charge in [0.05, 0.1) is 24.8 Å². The normalized spacial score (nSPS) is 10.7. The van der Waals surface area contributed by atoms with E-state index in [-0.39, 0.29) is 11.4 Å². The van der Waals surface area contributed by atoms with Crippen molar-refractivity contribution in [2.45, 2.75) is 0 Å². The lowest BCUT2D eigenvalue weighted by Gasteiger charge is -1.97. The van der Waals surface area contributed by atoms with Gasteiger partial charge >= 0.3 is 0 Å². The monoisotopic (exact) mass is 298 g/mol. The van der Waals surface area contributed by atoms with Crippen molar-refractivity contribution in [1.82, 2.24) is 30.8 Å². The number of aromatic nitrogens is 4. The zero-order chi connectivity index (χ0) is 15.6. The summed E-state index contributed by atoms with van der Waals surface area (Å²) in [6.07, 6.45) is 10.7. The maximum Gasteiger partial charge on any atom is 0.291 e. The van der Waals surface area contributed by atoms with Crippen molar-refractivity contribution < 1.29 is 9.59 Å². The van der Waals surface area contributed by atoms with Crippen LogP contribution in [0, 0.1) is 0 Å². The topological polar surface area (TPSA) is 134 Å². The Morgan fingerprint density at radius 1 is 0.818 bits per heavy atom. The summed E-state index contributed by atoms with van der Waals surface area (Å²) in [6, 6.07) is 0. The number of carbonyl (C=O) groups excluding carboxylic acids is 2. The van der Waals surface area contributed by atoms with Crippen molar-refractivity contribution in [2.75, 3.05) is 0 Å². The minimum atomic E-state index is -0.513. The molecule has 22 heavy (non-hydrogen) atoms. The summed E-state index contributed by atoms with van der Waals surface area (Å²) in [4.78, 5) is 38.1. The van der Waals surface area contributed by atoms with Crippen molar-refractivity contribution in [3.8, 4) is 0 Å². The van der Waals surface area contributed by atoms with Crippen LogP contribution in [0.25, 0.3) is 0 Å². The highest BCUT2D eigenvalue weighted by molar-refractivity contribution is 6.16. The second-order valence-electron chi connectivity index (χ2n) is 3.62. The first-order chi connectivity index (χ1) is 10.8. The maximum atomic E-state index is 11.5. The molecule has 2 heterocycles. The number of rotatable bonds is 5. The lowest BCUT2D eigenvalue weighted by Crippen LogP contribution is -2.20. The molecule has 0 fully saturated rings. The molecule has 2 aromatic heterocycles. The molecule has 0 saturated carbocycles. The van der Waals surface area contributed by atoms with Crippen molar-refractivity contribution in [1.29, 1.82) is 0 Å². The van der Waals surface area contributed by atoms with Gasteiger partial charge in [-0.15, -0.1) is 0 Å². The van der Waals surface area contributed by atoms with Gasteiger partial charge in [0, 0.05) is 24.8 Å². The molecule has 0 aromatic carbocycles. The van der Waals surface area contributed by atoms with Gasteiger partial charge in [-0.1, -0.05) is 0 Å². The summed E-state index contributed by atoms with van der Waals surface area (Å²) in [5.74, 6) is -1.03. The van der Waals surface area contributed by atoms with Crippen LogP contribution in [0.2, 0.25) is 0 Å². The first-order valence-electron chi connectivity index (χ1n) is 5.95. The largest absolute Gasteiger partial charge is 0.291 e. The zero-order valence-electron chi connectivity index (χ0n) is 11.1. The summed E-state index contributed by atoms with van der Waals surface area (Å²) in [5, 5.41) is 7.19. The van der Waals surface area contributed by atoms with E-state index >= 15 is 0 Å². The molecule has 2 rings (SSSR count). The van der Waals surface area contributed by atoms with E-state index in [0.29, 0.717) is 0 Å². The number of hydrazone groups is 2. The van der Waals surface area contributed by atoms with Gasteiger partial charge in [0.15, 0.2) is 0 Å². The van der Waals surface area contributed by atoms with E-state index in [4.69, 9.17) is 0 Å². The fourth-order valence-corrected chi connectivity index (χ4v) is 1.21. The number of nitrogens with zero attached hydrogens (tertiary/aromatic N) is 6. The summed E-state index contributed by atoms with van der Waals surface area (Å²) < 4.78 is 0. The third-order valence-electron chi connectivity index (χ3n) is 2.14. The Bertz CT molecular complexity index is 625. The average molecular weight is 298 g/mol. The van der Waals surface area contributed by atoms with E-state index in [1.54, 1.807) is 0 Å². The van der Waals surface area contributed by atoms with Crippen LogP contribution in [0.1, 0.15) is 21.0 Å². The number of hydrogen-bond donors (Lipinski definition) is 2. The van der Waals surface area contributed by atoms with Crippen LogP contribution in [-0.2, 0) is 0 Å². The van der Waals surface area contributed by atoms with Crippen LogP contribution in [-0.4, -0.2) is 44.2 Å². The van der Waals surface area contributed by atoms with E-state index in [0.717, 1.165) is 0 Å². The van der Waals surface area contributed by atoms with Crippen LogP contribution in [0.4, 0.5) is 0 Å². The number of hydrogen-bond acceptors (Lipinski definition) is 8. The Morgan fingerprint density at radius 3 is 1.64 bits per heavy atom. The van der Waals surface area contributed by atoms with Gasteiger partial charge < -0.3 is 0 Å². The van der Waals surface area contributed by atoms with E-state index in [2.05, 4.69) is 41.0 Å². The SMILES string of the molecule is O=C(N/N=C/C=N/NC(=O)c1cnccn1)c1cnccn1. The van der Waals surface area contributed by atoms with Crippen LogP contribution >= 0.6 is 0 Å². The fraction of sp³-hybridized carbons (Fsp3) is 0. The lowest BCUT2D eigenvalue weighted by atomic mass is 10.4. The first-order valence-corrected chi connectivity index (χ1v) is 5.95. The lowest BCUT2D eigenvalue weighted by molar-refractivity contribution is 0.0941. The molecule has 0 spiro atoms. The van der Waals surface area contributed by atoms with Gasteiger partial charge in [-0.2, -0.15) is 10.2 Å². The van der Waals surface area contributed by atoms with Gasteiger partial charge in [0.1, 0.15) is 11.4 Å². The maximum absolute atomic E-state index is 11.5. The fourth-order valence-electron chi connectivity index (χ4n) is 1.21. The van der Waals surface area contributed by atoms with Gasteiger partial charge in [-0.3, -0.25) is 19.6 Å². The Labute approximate surface area is 124 Å². The molecule has 0 aliphatic rings. The molecule has 10 heteroatoms. The van der Waals surface area contributed by atoms with Crippen LogP contribution < -0.4 is 10.9 Å². The number of amides is 2. The summed E-state index contributed by atoms with van der Waals surface area (Å²) in [7, 11) is 0. The molecule has 0 aliphatic heterocycles. The molecule has 0 bridgehead atoms. The Morgan fingerprint density at radius 2 is 1.27 bits per heavy atom. The summed E-state index contributed by atoms with van der Waals surface area (Å²) in [6.45, 7) is 0. The summed E-state index contributed by atoms with van der Waals surface area (Å²) in [5.41, 5.74) is 4.70. The van der Waals surface area contributed by atoms with Crippen molar-refractivity contribution in [3.63, 3.8) is 0 Å². The van der Waals surface area contributed by atoms with Gasteiger partial charge in [0.2, 0.25) is 0 Å². The van der Waals surface area contributed by atoms with Crippen molar-refractivity contribution in [2.24, 2.45) is 10.2 Å². The highest BCUT2D eigenvalue weighted by Gasteiger charge is 2.04. The highest BCUT2D eigenvalue weighted by atomic mass is 16.2. The standard InChI is InChI=1S/C12H10N8O2/c21-11(9-7-13-1-3-15-9)19-17-5-6-18-20-12(22)10-8-14-2-4-16-10/h1-8H,(H,19,21)(H,20,22)/b17-5+,18-6+. The second kappa shape index (κ2) is 7.89. The van der Waals surface area contributed by atoms with Gasteiger partial charge in [0.25, 0.3) is 11.8 Å². The number of nitrogens with one attached hydrogen (secondary N) is 2. The van der Waals surface area contributed by atoms with Crippen LogP contribution in [0.5, 0.6) is 0 Å². The summed E-state index contributed by atoms with van der Waals surface area (Å²) >= 11 is 0. The molecular formula is C12H10N8O2. The predicted molar refractivity (Wildman–Crippen MR) is 76.0 cm³/mol. The Hall–Kier alpha value is -3.56. The minimum Gasteiger partial charge on any atom is -0.265 e. The van der Waals surface area contributed by atoms with Crippen LogP contribution in [0.3, 0.4) is 0 Å². The van der Waals surface area contributed by atoms with Crippen LogP contribution in [0.15, 0.2) is 47.4 Å². The second-order valence-corrected chi connectivity index (χ2v) is 3.62. The van der Waals surface area contributed by atoms with Gasteiger partial charge in [-0.05, 0) is 0 Å². The highest BCUT2D eigenvalue weighted by Crippen LogP contribution is 1.89. The van der Waals surface area contributed by atoms with Crippen molar-refractivity contribution >= 4 is 24.2 Å². The Kier molecular flexibility index (Phi) is 5.32. The average Bonchev–Trinajstić information content (AvgIpc) is 2.59. The molecule has 2 N–H and O–H groups in total. The van der Waals surface area contributed by atoms with E-state index < -0.39 is 11.8 Å². The zero-order valence-corrected chi connectivity index (χ0v) is 11.1. The molecular weight excluding hydrogens is 288 g/mol. The molecule has 0 saturated heterocycles. The minimum absolute atomic E-state index is 0.132. The predicted octanol–water partition coefficient (Wildman–Crippen LogP) is -0.602. The molecule has 10 nitrogen and oxygen atoms in total. The molecule has 0 atom stereocenters. The molecule has 2 amide bonds. The van der Waals surface area contributed by atoms with E-state index in [9.17, 15) is 9.59 Å².